The van der Waals surface area contributed by atoms with Crippen molar-refractivity contribution in [2.75, 3.05) is 21.6 Å². The van der Waals surface area contributed by atoms with Gasteiger partial charge < -0.3 is 10.1 Å². The van der Waals surface area contributed by atoms with E-state index >= 15 is 0 Å². The van der Waals surface area contributed by atoms with Crippen LogP contribution in [0.1, 0.15) is 26.5 Å². The molecule has 0 aliphatic carbocycles. The van der Waals surface area contributed by atoms with E-state index in [2.05, 4.69) is 30.5 Å². The molecule has 3 aromatic heterocycles. The predicted molar refractivity (Wildman–Crippen MR) is 154 cm³/mol. The number of pyridine rings is 1. The highest BCUT2D eigenvalue weighted by molar-refractivity contribution is 7.92. The summed E-state index contributed by atoms with van der Waals surface area (Å²) in [6.45, 7) is 6.03. The third-order valence-corrected chi connectivity index (χ3v) is 6.41. The van der Waals surface area contributed by atoms with Gasteiger partial charge in [-0.05, 0) is 36.4 Å². The first-order valence-corrected chi connectivity index (χ1v) is 14.3. The van der Waals surface area contributed by atoms with Crippen LogP contribution in [0.3, 0.4) is 0 Å². The fourth-order valence-electron chi connectivity index (χ4n) is 3.88. The quantitative estimate of drug-likeness (QED) is 0.202. The van der Waals surface area contributed by atoms with E-state index in [4.69, 9.17) is 9.84 Å². The Morgan fingerprint density at radius 3 is 2.54 bits per heavy atom. The predicted octanol–water partition coefficient (Wildman–Crippen LogP) is 5.39. The number of aromatic amines is 1. The van der Waals surface area contributed by atoms with Crippen molar-refractivity contribution in [2.45, 2.75) is 26.2 Å². The molecule has 5 aromatic rings. The summed E-state index contributed by atoms with van der Waals surface area (Å²) in [5.41, 5.74) is 1.95. The fourth-order valence-corrected chi connectivity index (χ4v) is 4.37. The Morgan fingerprint density at radius 1 is 1.02 bits per heavy atom. The number of benzene rings is 2. The van der Waals surface area contributed by atoms with Gasteiger partial charge in [0.25, 0.3) is 0 Å². The fraction of sp³-hybridized carbons (Fsp3) is 0.185. The number of rotatable bonds is 7. The average molecular weight is 579 g/mol. The van der Waals surface area contributed by atoms with E-state index in [1.54, 1.807) is 16.9 Å². The number of fused-ring (bicyclic) bond motifs is 1. The number of H-pyrrole nitrogens is 1. The molecular weight excluding hydrogens is 551 g/mol. The van der Waals surface area contributed by atoms with Gasteiger partial charge in [0.05, 0.1) is 35.0 Å². The Morgan fingerprint density at radius 2 is 1.80 bits per heavy atom. The standard InChI is InChI=1S/C27H27FN8O4S/c1-27(2,3)23-14-25(36(34-23)17-5-7-21-16(11-17)15-30-33-21)32-26(37)31-22-8-6-18(12-20(22)28)40-19-9-10-29-24(13-19)35-41(4,38)39/h5-15H,1-4H3,(H,29,35)(H,30,33)(H2,31,32,37). The van der Waals surface area contributed by atoms with Crippen LogP contribution in [0.5, 0.6) is 11.5 Å². The lowest BCUT2D eigenvalue weighted by atomic mass is 9.92. The number of anilines is 3. The minimum Gasteiger partial charge on any atom is -0.457 e. The molecule has 0 radical (unpaired) electrons. The molecule has 0 saturated carbocycles. The van der Waals surface area contributed by atoms with Crippen molar-refractivity contribution >= 4 is 44.3 Å². The van der Waals surface area contributed by atoms with Crippen LogP contribution in [0.25, 0.3) is 16.6 Å². The summed E-state index contributed by atoms with van der Waals surface area (Å²) >= 11 is 0. The zero-order chi connectivity index (χ0) is 29.4. The number of ether oxygens (including phenoxy) is 1. The smallest absolute Gasteiger partial charge is 0.324 e. The van der Waals surface area contributed by atoms with E-state index in [-0.39, 0.29) is 28.4 Å². The van der Waals surface area contributed by atoms with Crippen molar-refractivity contribution in [1.82, 2.24) is 25.0 Å². The maximum Gasteiger partial charge on any atom is 0.324 e. The average Bonchev–Trinajstić information content (AvgIpc) is 3.51. The van der Waals surface area contributed by atoms with Crippen molar-refractivity contribution in [3.8, 4) is 17.2 Å². The number of halogens is 1. The summed E-state index contributed by atoms with van der Waals surface area (Å²) in [7, 11) is -3.53. The Labute approximate surface area is 235 Å². The van der Waals surface area contributed by atoms with Gasteiger partial charge in [0.15, 0.2) is 0 Å². The van der Waals surface area contributed by atoms with Gasteiger partial charge in [-0.2, -0.15) is 10.2 Å². The second-order valence-corrected chi connectivity index (χ2v) is 12.0. The monoisotopic (exact) mass is 578 g/mol. The zero-order valence-corrected chi connectivity index (χ0v) is 23.4. The molecule has 0 aliphatic rings. The summed E-state index contributed by atoms with van der Waals surface area (Å²) in [6, 6.07) is 13.5. The van der Waals surface area contributed by atoms with Gasteiger partial charge >= 0.3 is 6.03 Å². The van der Waals surface area contributed by atoms with E-state index in [9.17, 15) is 17.6 Å². The summed E-state index contributed by atoms with van der Waals surface area (Å²) in [4.78, 5) is 16.8. The Bertz CT molecular complexity index is 1860. The zero-order valence-electron chi connectivity index (χ0n) is 22.6. The lowest BCUT2D eigenvalue weighted by molar-refractivity contribution is 0.262. The number of nitrogens with one attached hydrogen (secondary N) is 4. The highest BCUT2D eigenvalue weighted by Crippen LogP contribution is 2.29. The summed E-state index contributed by atoms with van der Waals surface area (Å²) in [5.74, 6) is 0.0781. The molecule has 4 N–H and O–H groups in total. The molecule has 212 valence electrons. The van der Waals surface area contributed by atoms with Crippen LogP contribution in [0.15, 0.2) is 67.0 Å². The van der Waals surface area contributed by atoms with Crippen LogP contribution in [0, 0.1) is 5.82 Å². The minimum atomic E-state index is -3.53. The van der Waals surface area contributed by atoms with Crippen LogP contribution >= 0.6 is 0 Å². The van der Waals surface area contributed by atoms with Crippen molar-refractivity contribution in [3.05, 3.63) is 78.5 Å². The molecule has 0 fully saturated rings. The molecule has 0 unspecified atom stereocenters. The second-order valence-electron chi connectivity index (χ2n) is 10.3. The number of amides is 2. The molecule has 3 heterocycles. The number of hydrogen-bond donors (Lipinski definition) is 4. The van der Waals surface area contributed by atoms with Crippen LogP contribution in [-0.4, -0.2) is 45.7 Å². The SMILES string of the molecule is CC(C)(C)c1cc(NC(=O)Nc2ccc(Oc3ccnc(NS(C)(=O)=O)c3)cc2F)n(-c2ccc3[nH]ncc3c2)n1. The number of carbonyl (C=O) groups excluding carboxylic acids is 1. The van der Waals surface area contributed by atoms with Crippen molar-refractivity contribution < 1.29 is 22.3 Å². The lowest BCUT2D eigenvalue weighted by Crippen LogP contribution is -2.22. The van der Waals surface area contributed by atoms with E-state index in [0.29, 0.717) is 11.5 Å². The third-order valence-electron chi connectivity index (χ3n) is 5.83. The second kappa shape index (κ2) is 10.5. The third kappa shape index (κ3) is 6.61. The highest BCUT2D eigenvalue weighted by atomic mass is 32.2. The van der Waals surface area contributed by atoms with Crippen LogP contribution in [0.4, 0.5) is 26.5 Å². The first-order valence-electron chi connectivity index (χ1n) is 12.4. The van der Waals surface area contributed by atoms with Crippen LogP contribution in [0.2, 0.25) is 0 Å². The van der Waals surface area contributed by atoms with Gasteiger partial charge in [-0.25, -0.2) is 27.3 Å². The number of carbonyl (C=O) groups is 1. The summed E-state index contributed by atoms with van der Waals surface area (Å²) < 4.78 is 47.3. The molecule has 0 aliphatic heterocycles. The molecular formula is C27H27FN8O4S. The first kappa shape index (κ1) is 27.6. The maximum absolute atomic E-state index is 14.9. The molecule has 0 bridgehead atoms. The number of urea groups is 1. The Balaban J connectivity index is 1.32. The molecule has 0 atom stereocenters. The van der Waals surface area contributed by atoms with E-state index < -0.39 is 21.9 Å². The summed E-state index contributed by atoms with van der Waals surface area (Å²) in [5, 5.41) is 17.8. The largest absolute Gasteiger partial charge is 0.457 e. The van der Waals surface area contributed by atoms with Crippen molar-refractivity contribution in [3.63, 3.8) is 0 Å². The molecule has 0 spiro atoms. The molecule has 14 heteroatoms. The van der Waals surface area contributed by atoms with Gasteiger partial charge in [0.1, 0.15) is 29.0 Å². The van der Waals surface area contributed by atoms with Crippen LogP contribution in [-0.2, 0) is 15.4 Å². The molecule has 2 amide bonds. The number of aromatic nitrogens is 5. The van der Waals surface area contributed by atoms with E-state index in [1.165, 1.54) is 30.5 Å². The maximum atomic E-state index is 14.9. The van der Waals surface area contributed by atoms with Gasteiger partial charge in [-0.1, -0.05) is 20.8 Å². The molecule has 12 nitrogen and oxygen atoms in total. The number of sulfonamides is 1. The number of hydrogen-bond acceptors (Lipinski definition) is 7. The van der Waals surface area contributed by atoms with E-state index in [1.807, 2.05) is 39.0 Å². The molecule has 0 saturated heterocycles. The minimum absolute atomic E-state index is 0.0546. The van der Waals surface area contributed by atoms with Crippen LogP contribution < -0.4 is 20.1 Å². The molecule has 5 rings (SSSR count). The Kier molecular flexibility index (Phi) is 7.09. The summed E-state index contributed by atoms with van der Waals surface area (Å²) in [6.07, 6.45) is 4.04. The Hall–Kier alpha value is -4.98. The lowest BCUT2D eigenvalue weighted by Gasteiger charge is -2.14. The highest BCUT2D eigenvalue weighted by Gasteiger charge is 2.22. The van der Waals surface area contributed by atoms with Gasteiger partial charge in [-0.3, -0.25) is 15.1 Å². The van der Waals surface area contributed by atoms with Crippen molar-refractivity contribution in [2.24, 2.45) is 0 Å². The van der Waals surface area contributed by atoms with Gasteiger partial charge in [0, 0.05) is 35.2 Å². The van der Waals surface area contributed by atoms with Gasteiger partial charge in [0.2, 0.25) is 10.0 Å². The normalized spacial score (nSPS) is 11.8. The molecule has 2 aromatic carbocycles. The van der Waals surface area contributed by atoms with Gasteiger partial charge in [-0.15, -0.1) is 0 Å². The first-order chi connectivity index (χ1) is 19.3. The molecule has 41 heavy (non-hydrogen) atoms. The number of nitrogens with zero attached hydrogens (tertiary/aromatic N) is 4. The van der Waals surface area contributed by atoms with E-state index in [0.717, 1.165) is 28.9 Å². The topological polar surface area (TPSA) is 156 Å². The van der Waals surface area contributed by atoms with Crippen molar-refractivity contribution in [1.29, 1.82) is 0 Å².